The van der Waals surface area contributed by atoms with Gasteiger partial charge in [0.15, 0.2) is 6.61 Å². The number of hydrogen-bond acceptors (Lipinski definition) is 6. The van der Waals surface area contributed by atoms with Crippen LogP contribution in [0.1, 0.15) is 49.5 Å². The Kier molecular flexibility index (Phi) is 7.73. The normalized spacial score (nSPS) is 16.1. The molecule has 1 atom stereocenters. The van der Waals surface area contributed by atoms with Crippen molar-refractivity contribution >= 4 is 27.9 Å². The Morgan fingerprint density at radius 1 is 1.16 bits per heavy atom. The van der Waals surface area contributed by atoms with Gasteiger partial charge in [-0.1, -0.05) is 42.8 Å². The van der Waals surface area contributed by atoms with Crippen molar-refractivity contribution < 1.29 is 28.5 Å². The van der Waals surface area contributed by atoms with Crippen molar-refractivity contribution in [3.05, 3.63) is 58.1 Å². The van der Waals surface area contributed by atoms with E-state index in [0.717, 1.165) is 22.9 Å². The van der Waals surface area contributed by atoms with Gasteiger partial charge in [0.05, 0.1) is 11.7 Å². The van der Waals surface area contributed by atoms with Crippen LogP contribution in [0.4, 0.5) is 0 Å². The third-order valence-corrected chi connectivity index (χ3v) is 5.31. The molecule has 3 rings (SSSR count). The van der Waals surface area contributed by atoms with Gasteiger partial charge in [0, 0.05) is 16.6 Å². The van der Waals surface area contributed by atoms with Crippen LogP contribution < -0.4 is 9.47 Å². The van der Waals surface area contributed by atoms with Crippen molar-refractivity contribution in [2.45, 2.75) is 45.1 Å². The highest BCUT2D eigenvalue weighted by molar-refractivity contribution is 9.10. The highest BCUT2D eigenvalue weighted by Gasteiger charge is 2.21. The first-order valence-electron chi connectivity index (χ1n) is 10.2. The third-order valence-electron chi connectivity index (χ3n) is 4.82. The molecule has 0 bridgehead atoms. The van der Waals surface area contributed by atoms with Gasteiger partial charge in [-0.2, -0.15) is 0 Å². The lowest BCUT2D eigenvalue weighted by molar-refractivity contribution is -0.136. The van der Waals surface area contributed by atoms with Gasteiger partial charge < -0.3 is 18.9 Å². The summed E-state index contributed by atoms with van der Waals surface area (Å²) in [5, 5.41) is 0. The summed E-state index contributed by atoms with van der Waals surface area (Å²) in [6.07, 6.45) is 1.83. The smallest absolute Gasteiger partial charge is 0.349 e. The minimum Gasteiger partial charge on any atom is -0.482 e. The van der Waals surface area contributed by atoms with Crippen LogP contribution in [0.5, 0.6) is 11.5 Å². The Morgan fingerprint density at radius 3 is 2.68 bits per heavy atom. The van der Waals surface area contributed by atoms with Gasteiger partial charge in [-0.15, -0.1) is 0 Å². The van der Waals surface area contributed by atoms with E-state index < -0.39 is 11.9 Å². The molecule has 7 heteroatoms. The molecule has 6 nitrogen and oxygen atoms in total. The first kappa shape index (κ1) is 23.3. The van der Waals surface area contributed by atoms with Crippen LogP contribution in [0.25, 0.3) is 0 Å². The third kappa shape index (κ3) is 6.80. The molecule has 1 aliphatic heterocycles. The Labute approximate surface area is 191 Å². The molecule has 166 valence electrons. The van der Waals surface area contributed by atoms with Crippen LogP contribution in [0, 0.1) is 0 Å². The van der Waals surface area contributed by atoms with Crippen LogP contribution >= 0.6 is 15.9 Å². The van der Waals surface area contributed by atoms with E-state index >= 15 is 0 Å². The van der Waals surface area contributed by atoms with Crippen molar-refractivity contribution in [2.24, 2.45) is 0 Å². The minimum atomic E-state index is -0.562. The Balaban J connectivity index is 1.56. The molecule has 1 unspecified atom stereocenters. The van der Waals surface area contributed by atoms with Gasteiger partial charge in [-0.3, -0.25) is 0 Å². The molecule has 0 radical (unpaired) electrons. The van der Waals surface area contributed by atoms with Gasteiger partial charge in [-0.25, -0.2) is 9.59 Å². The Morgan fingerprint density at radius 2 is 1.97 bits per heavy atom. The topological polar surface area (TPSA) is 71.1 Å². The molecule has 1 aliphatic rings. The summed E-state index contributed by atoms with van der Waals surface area (Å²) >= 11 is 3.47. The van der Waals surface area contributed by atoms with E-state index in [0.29, 0.717) is 17.9 Å². The lowest BCUT2D eigenvalue weighted by Gasteiger charge is -2.23. The van der Waals surface area contributed by atoms with E-state index in [-0.39, 0.29) is 30.5 Å². The number of halogens is 1. The zero-order chi connectivity index (χ0) is 22.4. The predicted octanol–water partition coefficient (Wildman–Crippen LogP) is 5.07. The molecule has 0 N–H and O–H groups in total. The van der Waals surface area contributed by atoms with E-state index in [1.54, 1.807) is 18.2 Å². The molecule has 1 saturated heterocycles. The first-order chi connectivity index (χ1) is 14.7. The van der Waals surface area contributed by atoms with Gasteiger partial charge in [0.1, 0.15) is 18.1 Å². The molecule has 0 amide bonds. The van der Waals surface area contributed by atoms with E-state index in [9.17, 15) is 9.59 Å². The summed E-state index contributed by atoms with van der Waals surface area (Å²) in [5.41, 5.74) is 1.14. The number of ether oxygens (including phenoxy) is 4. The maximum Gasteiger partial charge on any atom is 0.349 e. The summed E-state index contributed by atoms with van der Waals surface area (Å²) in [6.45, 7) is 6.89. The molecule has 2 aromatic rings. The van der Waals surface area contributed by atoms with Gasteiger partial charge in [0.25, 0.3) is 0 Å². The first-order valence-corrected chi connectivity index (χ1v) is 11.0. The van der Waals surface area contributed by atoms with Crippen molar-refractivity contribution in [2.75, 3.05) is 19.8 Å². The van der Waals surface area contributed by atoms with E-state index in [1.807, 2.05) is 18.2 Å². The molecule has 31 heavy (non-hydrogen) atoms. The number of carbonyl (C=O) groups excluding carboxylic acids is 2. The summed E-state index contributed by atoms with van der Waals surface area (Å²) in [4.78, 5) is 24.6. The average Bonchev–Trinajstić information content (AvgIpc) is 3.24. The molecule has 0 saturated carbocycles. The minimum absolute atomic E-state index is 0.0429. The fraction of sp³-hybridized carbons (Fsp3) is 0.417. The maximum absolute atomic E-state index is 12.3. The SMILES string of the molecule is CC(C)(C)c1cc(Br)ccc1OCC(=O)Oc1cccc(C(=O)OCC2CCCO2)c1. The summed E-state index contributed by atoms with van der Waals surface area (Å²) < 4.78 is 22.8. The van der Waals surface area contributed by atoms with Crippen LogP contribution in [-0.2, 0) is 19.7 Å². The monoisotopic (exact) mass is 490 g/mol. The van der Waals surface area contributed by atoms with Crippen LogP contribution in [0.2, 0.25) is 0 Å². The molecule has 0 aliphatic carbocycles. The summed E-state index contributed by atoms with van der Waals surface area (Å²) in [5.74, 6) is -0.159. The fourth-order valence-electron chi connectivity index (χ4n) is 3.23. The second kappa shape index (κ2) is 10.3. The van der Waals surface area contributed by atoms with Crippen LogP contribution in [-0.4, -0.2) is 37.9 Å². The molecular weight excluding hydrogens is 464 g/mol. The highest BCUT2D eigenvalue weighted by atomic mass is 79.9. The second-order valence-electron chi connectivity index (χ2n) is 8.41. The Hall–Kier alpha value is -2.38. The van der Waals surface area contributed by atoms with Crippen LogP contribution in [0.15, 0.2) is 46.9 Å². The molecular formula is C24H27BrO6. The number of esters is 2. The van der Waals surface area contributed by atoms with E-state index in [2.05, 4.69) is 36.7 Å². The molecule has 0 spiro atoms. The summed E-state index contributed by atoms with van der Waals surface area (Å²) in [7, 11) is 0. The van der Waals surface area contributed by atoms with Gasteiger partial charge >= 0.3 is 11.9 Å². The lowest BCUT2D eigenvalue weighted by Crippen LogP contribution is -2.20. The van der Waals surface area contributed by atoms with E-state index in [1.165, 1.54) is 6.07 Å². The van der Waals surface area contributed by atoms with Crippen molar-refractivity contribution in [3.63, 3.8) is 0 Å². The fourth-order valence-corrected chi connectivity index (χ4v) is 3.59. The highest BCUT2D eigenvalue weighted by Crippen LogP contribution is 2.33. The predicted molar refractivity (Wildman–Crippen MR) is 120 cm³/mol. The number of rotatable bonds is 7. The zero-order valence-electron chi connectivity index (χ0n) is 18.0. The zero-order valence-corrected chi connectivity index (χ0v) is 19.6. The summed E-state index contributed by atoms with van der Waals surface area (Å²) in [6, 6.07) is 12.0. The second-order valence-corrected chi connectivity index (χ2v) is 9.33. The maximum atomic E-state index is 12.3. The van der Waals surface area contributed by atoms with E-state index in [4.69, 9.17) is 18.9 Å². The molecule has 0 aromatic heterocycles. The van der Waals surface area contributed by atoms with Gasteiger partial charge in [0.2, 0.25) is 0 Å². The quantitative estimate of drug-likeness (QED) is 0.398. The van der Waals surface area contributed by atoms with Crippen molar-refractivity contribution in [3.8, 4) is 11.5 Å². The van der Waals surface area contributed by atoms with Crippen LogP contribution in [0.3, 0.4) is 0 Å². The molecule has 2 aromatic carbocycles. The average molecular weight is 491 g/mol. The largest absolute Gasteiger partial charge is 0.482 e. The lowest BCUT2D eigenvalue weighted by atomic mass is 9.86. The van der Waals surface area contributed by atoms with Crippen molar-refractivity contribution in [1.82, 2.24) is 0 Å². The number of hydrogen-bond donors (Lipinski definition) is 0. The van der Waals surface area contributed by atoms with Gasteiger partial charge in [-0.05, 0) is 54.7 Å². The molecule has 1 fully saturated rings. The number of carbonyl (C=O) groups is 2. The standard InChI is InChI=1S/C24H27BrO6/c1-24(2,3)20-13-17(25)9-10-21(20)29-15-22(26)31-18-7-4-6-16(12-18)23(27)30-14-19-8-5-11-28-19/h4,6-7,9-10,12-13,19H,5,8,11,14-15H2,1-3H3. The Bertz CT molecular complexity index is 928. The van der Waals surface area contributed by atoms with Crippen molar-refractivity contribution in [1.29, 1.82) is 0 Å². The number of benzene rings is 2. The molecule has 1 heterocycles.